The highest BCUT2D eigenvalue weighted by molar-refractivity contribution is 7.89. The fraction of sp³-hybridized carbons (Fsp3) is 0.333. The molecular weight excluding hydrogens is 202 g/mol. The van der Waals surface area contributed by atoms with Gasteiger partial charge in [-0.2, -0.15) is 0 Å². The molecule has 4 nitrogen and oxygen atoms in total. The van der Waals surface area contributed by atoms with Crippen molar-refractivity contribution in [2.45, 2.75) is 18.2 Å². The van der Waals surface area contributed by atoms with Gasteiger partial charge in [-0.15, -0.1) is 0 Å². The number of benzene rings is 1. The zero-order valence-corrected chi connectivity index (χ0v) is 8.67. The van der Waals surface area contributed by atoms with Gasteiger partial charge in [-0.05, 0) is 36.6 Å². The van der Waals surface area contributed by atoms with E-state index < -0.39 is 10.0 Å². The lowest BCUT2D eigenvalue weighted by molar-refractivity contribution is 0.197. The molecule has 0 aliphatic heterocycles. The third kappa shape index (κ3) is 2.54. The number of aryl methyl sites for hydroxylation is 1. The molecule has 0 aliphatic rings. The van der Waals surface area contributed by atoms with Crippen LogP contribution in [0.15, 0.2) is 23.1 Å². The molecule has 5 heteroatoms. The average molecular weight is 214 g/mol. The SMILES string of the molecule is Cc1cc(S(N)(=O)=O)ccc1CC[O]. The highest BCUT2D eigenvalue weighted by Crippen LogP contribution is 2.14. The Morgan fingerprint density at radius 1 is 1.36 bits per heavy atom. The number of nitrogens with two attached hydrogens (primary N) is 1. The first kappa shape index (κ1) is 11.2. The molecule has 2 N–H and O–H groups in total. The summed E-state index contributed by atoms with van der Waals surface area (Å²) in [6.07, 6.45) is 0.413. The Bertz CT molecular complexity index is 426. The number of hydrogen-bond acceptors (Lipinski definition) is 2. The molecule has 0 aliphatic carbocycles. The van der Waals surface area contributed by atoms with Gasteiger partial charge in [0.05, 0.1) is 11.5 Å². The van der Waals surface area contributed by atoms with Crippen LogP contribution in [0.1, 0.15) is 11.1 Å². The maximum atomic E-state index is 11.0. The van der Waals surface area contributed by atoms with Gasteiger partial charge in [0.1, 0.15) is 0 Å². The van der Waals surface area contributed by atoms with E-state index in [2.05, 4.69) is 0 Å². The van der Waals surface area contributed by atoms with E-state index >= 15 is 0 Å². The van der Waals surface area contributed by atoms with Crippen LogP contribution in [-0.2, 0) is 21.6 Å². The van der Waals surface area contributed by atoms with Crippen LogP contribution in [-0.4, -0.2) is 15.0 Å². The van der Waals surface area contributed by atoms with E-state index in [1.165, 1.54) is 12.1 Å². The van der Waals surface area contributed by atoms with Crippen LogP contribution in [0.3, 0.4) is 0 Å². The minimum absolute atomic E-state index is 0.0876. The van der Waals surface area contributed by atoms with Crippen molar-refractivity contribution in [3.05, 3.63) is 29.3 Å². The molecule has 1 rings (SSSR count). The fourth-order valence-corrected chi connectivity index (χ4v) is 1.83. The molecule has 0 aromatic heterocycles. The highest BCUT2D eigenvalue weighted by Gasteiger charge is 2.08. The normalized spacial score (nSPS) is 11.6. The first-order valence-corrected chi connectivity index (χ1v) is 5.70. The van der Waals surface area contributed by atoms with Gasteiger partial charge in [0.25, 0.3) is 0 Å². The van der Waals surface area contributed by atoms with Gasteiger partial charge in [0.15, 0.2) is 0 Å². The third-order valence-corrected chi connectivity index (χ3v) is 2.92. The second-order valence-electron chi connectivity index (χ2n) is 3.09. The van der Waals surface area contributed by atoms with E-state index in [9.17, 15) is 13.5 Å². The topological polar surface area (TPSA) is 80.1 Å². The van der Waals surface area contributed by atoms with Crippen LogP contribution < -0.4 is 5.14 Å². The summed E-state index contributed by atoms with van der Waals surface area (Å²) < 4.78 is 21.9. The quantitative estimate of drug-likeness (QED) is 0.800. The van der Waals surface area contributed by atoms with Crippen LogP contribution in [0.2, 0.25) is 0 Å². The maximum absolute atomic E-state index is 11.0. The van der Waals surface area contributed by atoms with Crippen LogP contribution in [0.5, 0.6) is 0 Å². The van der Waals surface area contributed by atoms with Crippen molar-refractivity contribution in [2.24, 2.45) is 5.14 Å². The first-order valence-electron chi connectivity index (χ1n) is 4.15. The van der Waals surface area contributed by atoms with E-state index in [1.807, 2.05) is 0 Å². The molecule has 0 saturated carbocycles. The molecule has 0 unspecified atom stereocenters. The van der Waals surface area contributed by atoms with Gasteiger partial charge in [0, 0.05) is 0 Å². The molecular formula is C9H12NO3S. The number of sulfonamides is 1. The van der Waals surface area contributed by atoms with Crippen molar-refractivity contribution in [3.63, 3.8) is 0 Å². The van der Waals surface area contributed by atoms with Crippen LogP contribution in [0, 0.1) is 6.92 Å². The first-order chi connectivity index (χ1) is 6.45. The molecule has 1 aromatic rings. The molecule has 1 aromatic carbocycles. The Labute approximate surface area is 83.4 Å². The largest absolute Gasteiger partial charge is 0.238 e. The standard InChI is InChI=1S/C9H12NO3S/c1-7-6-9(14(10,12)13)3-2-8(7)4-5-11/h2-3,6H,4-5H2,1H3,(H2,10,12,13). The van der Waals surface area contributed by atoms with E-state index in [0.29, 0.717) is 6.42 Å². The van der Waals surface area contributed by atoms with Crippen LogP contribution in [0.25, 0.3) is 0 Å². The van der Waals surface area contributed by atoms with Gasteiger partial charge in [-0.25, -0.2) is 18.7 Å². The van der Waals surface area contributed by atoms with E-state index in [0.717, 1.165) is 11.1 Å². The molecule has 14 heavy (non-hydrogen) atoms. The molecule has 0 saturated heterocycles. The molecule has 0 amide bonds. The molecule has 0 atom stereocenters. The summed E-state index contributed by atoms with van der Waals surface area (Å²) in [5.41, 5.74) is 1.65. The molecule has 77 valence electrons. The zero-order chi connectivity index (χ0) is 10.8. The molecule has 0 heterocycles. The van der Waals surface area contributed by atoms with Crippen molar-refractivity contribution >= 4 is 10.0 Å². The van der Waals surface area contributed by atoms with Crippen LogP contribution in [0.4, 0.5) is 0 Å². The number of hydrogen-bond donors (Lipinski definition) is 1. The minimum atomic E-state index is -3.64. The second-order valence-corrected chi connectivity index (χ2v) is 4.65. The predicted octanol–water partition coefficient (Wildman–Crippen LogP) is 0.615. The summed E-state index contributed by atoms with van der Waals surface area (Å²) in [7, 11) is -3.64. The van der Waals surface area contributed by atoms with Crippen molar-refractivity contribution in [1.82, 2.24) is 0 Å². The Morgan fingerprint density at radius 3 is 2.43 bits per heavy atom. The molecule has 0 spiro atoms. The van der Waals surface area contributed by atoms with Crippen molar-refractivity contribution in [1.29, 1.82) is 0 Å². The fourth-order valence-electron chi connectivity index (χ4n) is 1.24. The van der Waals surface area contributed by atoms with Gasteiger partial charge in [0.2, 0.25) is 10.0 Å². The molecule has 1 radical (unpaired) electrons. The third-order valence-electron chi connectivity index (χ3n) is 2.01. The summed E-state index contributed by atoms with van der Waals surface area (Å²) in [4.78, 5) is 0.0876. The van der Waals surface area contributed by atoms with Gasteiger partial charge in [-0.3, -0.25) is 0 Å². The zero-order valence-electron chi connectivity index (χ0n) is 7.86. The van der Waals surface area contributed by atoms with Crippen molar-refractivity contribution in [2.75, 3.05) is 6.61 Å². The Morgan fingerprint density at radius 2 is 2.00 bits per heavy atom. The summed E-state index contributed by atoms with van der Waals surface area (Å²) in [5.74, 6) is 0. The summed E-state index contributed by atoms with van der Waals surface area (Å²) >= 11 is 0. The smallest absolute Gasteiger partial charge is 0.236 e. The second kappa shape index (κ2) is 4.08. The lowest BCUT2D eigenvalue weighted by Crippen LogP contribution is -2.12. The number of rotatable bonds is 3. The summed E-state index contributed by atoms with van der Waals surface area (Å²) in [6, 6.07) is 4.54. The van der Waals surface area contributed by atoms with E-state index in [-0.39, 0.29) is 11.5 Å². The van der Waals surface area contributed by atoms with Gasteiger partial charge in [-0.1, -0.05) is 6.07 Å². The Kier molecular flexibility index (Phi) is 3.25. The lowest BCUT2D eigenvalue weighted by Gasteiger charge is -2.05. The minimum Gasteiger partial charge on any atom is -0.236 e. The Balaban J connectivity index is 3.13. The maximum Gasteiger partial charge on any atom is 0.238 e. The monoisotopic (exact) mass is 214 g/mol. The van der Waals surface area contributed by atoms with E-state index in [4.69, 9.17) is 5.14 Å². The predicted molar refractivity (Wildman–Crippen MR) is 51.8 cm³/mol. The van der Waals surface area contributed by atoms with Crippen molar-refractivity contribution < 1.29 is 13.5 Å². The molecule has 0 fully saturated rings. The number of primary sulfonamides is 1. The highest BCUT2D eigenvalue weighted by atomic mass is 32.2. The van der Waals surface area contributed by atoms with E-state index in [1.54, 1.807) is 13.0 Å². The van der Waals surface area contributed by atoms with Crippen LogP contribution >= 0.6 is 0 Å². The molecule has 0 bridgehead atoms. The van der Waals surface area contributed by atoms with Gasteiger partial charge < -0.3 is 0 Å². The summed E-state index contributed by atoms with van der Waals surface area (Å²) in [5, 5.41) is 15.4. The Hall–Kier alpha value is -0.910. The lowest BCUT2D eigenvalue weighted by atomic mass is 10.1. The average Bonchev–Trinajstić information content (AvgIpc) is 2.07. The van der Waals surface area contributed by atoms with Crippen molar-refractivity contribution in [3.8, 4) is 0 Å². The van der Waals surface area contributed by atoms with Gasteiger partial charge >= 0.3 is 0 Å². The summed E-state index contributed by atoms with van der Waals surface area (Å²) in [6.45, 7) is 1.56.